The highest BCUT2D eigenvalue weighted by Crippen LogP contribution is 2.33. The molecule has 58 valence electrons. The molecule has 11 heavy (non-hydrogen) atoms. The highest BCUT2D eigenvalue weighted by atomic mass is 35.5. The average Bonchev–Trinajstić information content (AvgIpc) is 2.35. The van der Waals surface area contributed by atoms with Crippen molar-refractivity contribution < 1.29 is 4.79 Å². The Morgan fingerprint density at radius 2 is 2.36 bits per heavy atom. The summed E-state index contributed by atoms with van der Waals surface area (Å²) in [5, 5.41) is 7.39. The van der Waals surface area contributed by atoms with Gasteiger partial charge in [0.2, 0.25) is 0 Å². The van der Waals surface area contributed by atoms with Crippen LogP contribution in [0.2, 0.25) is 4.34 Å². The van der Waals surface area contributed by atoms with Gasteiger partial charge in [-0.15, -0.1) is 11.3 Å². The molecule has 2 rings (SSSR count). The molecule has 1 aromatic heterocycles. The molecular weight excluding hydrogens is 184 g/mol. The monoisotopic (exact) mass is 188 g/mol. The standard InChI is InChI=1S/C6H5ClN2OS/c7-5-4-3(1-11-5)6(10)9-2-8-4/h1,8H,2H2,(H,9,10). The van der Waals surface area contributed by atoms with Crippen LogP contribution in [0.1, 0.15) is 10.4 Å². The summed E-state index contributed by atoms with van der Waals surface area (Å²) in [4.78, 5) is 11.1. The van der Waals surface area contributed by atoms with Crippen LogP contribution in [0.3, 0.4) is 0 Å². The Morgan fingerprint density at radius 3 is 3.09 bits per heavy atom. The van der Waals surface area contributed by atoms with E-state index in [2.05, 4.69) is 10.6 Å². The number of hydrogen-bond donors (Lipinski definition) is 2. The van der Waals surface area contributed by atoms with E-state index in [4.69, 9.17) is 11.6 Å². The smallest absolute Gasteiger partial charge is 0.255 e. The van der Waals surface area contributed by atoms with Crippen LogP contribution in [0.15, 0.2) is 5.38 Å². The first kappa shape index (κ1) is 6.94. The van der Waals surface area contributed by atoms with Gasteiger partial charge in [-0.1, -0.05) is 11.6 Å². The number of carbonyl (C=O) groups is 1. The van der Waals surface area contributed by atoms with Gasteiger partial charge < -0.3 is 10.6 Å². The summed E-state index contributed by atoms with van der Waals surface area (Å²) in [5.74, 6) is -0.0538. The van der Waals surface area contributed by atoms with Crippen molar-refractivity contribution in [1.82, 2.24) is 5.32 Å². The summed E-state index contributed by atoms with van der Waals surface area (Å²) >= 11 is 7.17. The Labute approximate surface area is 72.4 Å². The van der Waals surface area contributed by atoms with Gasteiger partial charge in [0, 0.05) is 5.38 Å². The first-order valence-corrected chi connectivity index (χ1v) is 4.34. The van der Waals surface area contributed by atoms with Crippen LogP contribution < -0.4 is 10.6 Å². The highest BCUT2D eigenvalue weighted by molar-refractivity contribution is 7.15. The molecule has 0 unspecified atom stereocenters. The third-order valence-corrected chi connectivity index (χ3v) is 2.73. The van der Waals surface area contributed by atoms with Gasteiger partial charge in [0.1, 0.15) is 4.34 Å². The fourth-order valence-corrected chi connectivity index (χ4v) is 2.02. The van der Waals surface area contributed by atoms with Crippen molar-refractivity contribution in [2.75, 3.05) is 12.0 Å². The summed E-state index contributed by atoms with van der Waals surface area (Å²) in [7, 11) is 0. The number of anilines is 1. The van der Waals surface area contributed by atoms with E-state index in [1.54, 1.807) is 5.38 Å². The van der Waals surface area contributed by atoms with Gasteiger partial charge >= 0.3 is 0 Å². The largest absolute Gasteiger partial charge is 0.365 e. The van der Waals surface area contributed by atoms with Crippen molar-refractivity contribution >= 4 is 34.5 Å². The Bertz CT molecular complexity index is 310. The van der Waals surface area contributed by atoms with Crippen molar-refractivity contribution in [3.05, 3.63) is 15.3 Å². The number of fused-ring (bicyclic) bond motifs is 1. The molecule has 2 N–H and O–H groups in total. The van der Waals surface area contributed by atoms with E-state index in [-0.39, 0.29) is 5.91 Å². The van der Waals surface area contributed by atoms with Gasteiger partial charge in [-0.05, 0) is 0 Å². The molecule has 0 fully saturated rings. The summed E-state index contributed by atoms with van der Waals surface area (Å²) in [6.45, 7) is 0.461. The Morgan fingerprint density at radius 1 is 1.55 bits per heavy atom. The first-order valence-electron chi connectivity index (χ1n) is 3.08. The van der Waals surface area contributed by atoms with Gasteiger partial charge in [-0.3, -0.25) is 4.79 Å². The van der Waals surface area contributed by atoms with E-state index in [1.807, 2.05) is 0 Å². The van der Waals surface area contributed by atoms with Crippen LogP contribution in [0.4, 0.5) is 5.69 Å². The van der Waals surface area contributed by atoms with E-state index < -0.39 is 0 Å². The normalized spacial score (nSPS) is 15.2. The zero-order valence-corrected chi connectivity index (χ0v) is 7.05. The topological polar surface area (TPSA) is 41.1 Å². The van der Waals surface area contributed by atoms with Crippen LogP contribution in [0.5, 0.6) is 0 Å². The summed E-state index contributed by atoms with van der Waals surface area (Å²) in [6, 6.07) is 0. The second kappa shape index (κ2) is 2.39. The molecular formula is C6H5ClN2OS. The van der Waals surface area contributed by atoms with E-state index in [1.165, 1.54) is 11.3 Å². The summed E-state index contributed by atoms with van der Waals surface area (Å²) < 4.78 is 0.648. The lowest BCUT2D eigenvalue weighted by Gasteiger charge is -2.14. The second-order valence-electron chi connectivity index (χ2n) is 2.16. The fourth-order valence-electron chi connectivity index (χ4n) is 0.974. The number of thiophene rings is 1. The number of nitrogens with one attached hydrogen (secondary N) is 2. The number of amides is 1. The second-order valence-corrected chi connectivity index (χ2v) is 3.64. The molecule has 0 radical (unpaired) electrons. The van der Waals surface area contributed by atoms with E-state index in [9.17, 15) is 4.79 Å². The van der Waals surface area contributed by atoms with Crippen LogP contribution in [-0.2, 0) is 0 Å². The number of hydrogen-bond acceptors (Lipinski definition) is 3. The molecule has 1 amide bonds. The maximum atomic E-state index is 11.1. The minimum absolute atomic E-state index is 0.0538. The lowest BCUT2D eigenvalue weighted by Crippen LogP contribution is -2.33. The van der Waals surface area contributed by atoms with Gasteiger partial charge in [0.05, 0.1) is 17.9 Å². The zero-order valence-electron chi connectivity index (χ0n) is 5.48. The quantitative estimate of drug-likeness (QED) is 0.648. The van der Waals surface area contributed by atoms with Gasteiger partial charge in [-0.25, -0.2) is 0 Å². The molecule has 0 saturated carbocycles. The summed E-state index contributed by atoms with van der Waals surface area (Å²) in [5.41, 5.74) is 1.41. The van der Waals surface area contributed by atoms with E-state index in [0.717, 1.165) is 5.69 Å². The fraction of sp³-hybridized carbons (Fsp3) is 0.167. The Kier molecular flexibility index (Phi) is 1.51. The van der Waals surface area contributed by atoms with Gasteiger partial charge in [0.25, 0.3) is 5.91 Å². The third-order valence-electron chi connectivity index (χ3n) is 1.50. The van der Waals surface area contributed by atoms with Crippen LogP contribution in [-0.4, -0.2) is 12.6 Å². The van der Waals surface area contributed by atoms with E-state index >= 15 is 0 Å². The summed E-state index contributed by atoms with van der Waals surface area (Å²) in [6.07, 6.45) is 0. The minimum Gasteiger partial charge on any atom is -0.365 e. The molecule has 0 atom stereocenters. The molecule has 0 spiro atoms. The van der Waals surface area contributed by atoms with Crippen molar-refractivity contribution in [3.8, 4) is 0 Å². The molecule has 3 nitrogen and oxygen atoms in total. The molecule has 1 aromatic rings. The van der Waals surface area contributed by atoms with E-state index in [0.29, 0.717) is 16.6 Å². The van der Waals surface area contributed by atoms with Gasteiger partial charge in [0.15, 0.2) is 0 Å². The molecule has 2 heterocycles. The molecule has 0 aliphatic carbocycles. The highest BCUT2D eigenvalue weighted by Gasteiger charge is 2.19. The van der Waals surface area contributed by atoms with Crippen LogP contribution >= 0.6 is 22.9 Å². The zero-order chi connectivity index (χ0) is 7.84. The molecule has 0 aromatic carbocycles. The molecule has 1 aliphatic rings. The third kappa shape index (κ3) is 0.985. The minimum atomic E-state index is -0.0538. The lowest BCUT2D eigenvalue weighted by molar-refractivity contribution is 0.0953. The maximum Gasteiger partial charge on any atom is 0.255 e. The van der Waals surface area contributed by atoms with Crippen molar-refractivity contribution in [3.63, 3.8) is 0 Å². The Balaban J connectivity index is 2.55. The number of rotatable bonds is 0. The molecule has 5 heteroatoms. The Hall–Kier alpha value is -0.740. The molecule has 0 bridgehead atoms. The van der Waals surface area contributed by atoms with Crippen LogP contribution in [0, 0.1) is 0 Å². The number of carbonyl (C=O) groups excluding carboxylic acids is 1. The van der Waals surface area contributed by atoms with Crippen molar-refractivity contribution in [1.29, 1.82) is 0 Å². The first-order chi connectivity index (χ1) is 5.29. The lowest BCUT2D eigenvalue weighted by atomic mass is 10.2. The SMILES string of the molecule is O=C1NCNc2c1csc2Cl. The predicted octanol–water partition coefficient (Wildman–Crippen LogP) is 1.51. The van der Waals surface area contributed by atoms with Gasteiger partial charge in [-0.2, -0.15) is 0 Å². The van der Waals surface area contributed by atoms with Crippen molar-refractivity contribution in [2.45, 2.75) is 0 Å². The molecule has 1 aliphatic heterocycles. The predicted molar refractivity (Wildman–Crippen MR) is 45.3 cm³/mol. The average molecular weight is 189 g/mol. The molecule has 0 saturated heterocycles. The van der Waals surface area contributed by atoms with Crippen LogP contribution in [0.25, 0.3) is 0 Å². The van der Waals surface area contributed by atoms with Crippen molar-refractivity contribution in [2.24, 2.45) is 0 Å². The number of halogens is 1. The maximum absolute atomic E-state index is 11.1.